The molecule has 20 heavy (non-hydrogen) atoms. The third-order valence-electron chi connectivity index (χ3n) is 4.03. The van der Waals surface area contributed by atoms with Crippen LogP contribution in [-0.2, 0) is 0 Å². The van der Waals surface area contributed by atoms with E-state index in [9.17, 15) is 15.2 Å². The minimum Gasteiger partial charge on any atom is -0.394 e. The predicted octanol–water partition coefficient (Wildman–Crippen LogP) is 1.93. The maximum Gasteiger partial charge on any atom is 0.311 e. The van der Waals surface area contributed by atoms with Crippen molar-refractivity contribution in [2.45, 2.75) is 38.1 Å². The van der Waals surface area contributed by atoms with Crippen LogP contribution in [0, 0.1) is 16.0 Å². The number of anilines is 2. The van der Waals surface area contributed by atoms with Crippen LogP contribution in [0.2, 0.25) is 0 Å². The molecule has 7 heteroatoms. The van der Waals surface area contributed by atoms with Gasteiger partial charge in [-0.1, -0.05) is 6.92 Å². The van der Waals surface area contributed by atoms with E-state index in [0.717, 1.165) is 25.7 Å². The number of nitrogen functional groups attached to an aromatic ring is 1. The van der Waals surface area contributed by atoms with E-state index in [-0.39, 0.29) is 18.1 Å². The number of aromatic nitrogens is 1. The second kappa shape index (κ2) is 5.62. The first kappa shape index (κ1) is 14.5. The lowest BCUT2D eigenvalue weighted by Crippen LogP contribution is -2.45. The summed E-state index contributed by atoms with van der Waals surface area (Å²) >= 11 is 0. The summed E-state index contributed by atoms with van der Waals surface area (Å²) in [4.78, 5) is 14.2. The van der Waals surface area contributed by atoms with Crippen molar-refractivity contribution in [2.75, 3.05) is 17.7 Å². The fraction of sp³-hybridized carbons (Fsp3) is 0.615. The highest BCUT2D eigenvalue weighted by atomic mass is 16.6. The molecular formula is C13H20N4O3. The molecule has 1 aliphatic carbocycles. The Hall–Kier alpha value is -1.89. The molecule has 0 spiro atoms. The average Bonchev–Trinajstić information content (AvgIpc) is 2.41. The van der Waals surface area contributed by atoms with Crippen molar-refractivity contribution < 1.29 is 10.0 Å². The number of nitrogens with two attached hydrogens (primary N) is 1. The van der Waals surface area contributed by atoms with E-state index in [1.54, 1.807) is 0 Å². The Morgan fingerprint density at radius 1 is 1.55 bits per heavy atom. The van der Waals surface area contributed by atoms with Crippen LogP contribution < -0.4 is 11.1 Å². The normalized spacial score (nSPS) is 26.2. The summed E-state index contributed by atoms with van der Waals surface area (Å²) in [5.41, 5.74) is 4.98. The van der Waals surface area contributed by atoms with Crippen molar-refractivity contribution in [3.63, 3.8) is 0 Å². The second-order valence-electron chi connectivity index (χ2n) is 5.60. The number of hydrogen-bond acceptors (Lipinski definition) is 6. The van der Waals surface area contributed by atoms with Gasteiger partial charge in [0.15, 0.2) is 0 Å². The highest BCUT2D eigenvalue weighted by molar-refractivity contribution is 5.57. The minimum atomic E-state index is -0.559. The summed E-state index contributed by atoms with van der Waals surface area (Å²) in [7, 11) is 0. The summed E-state index contributed by atoms with van der Waals surface area (Å²) in [6.45, 7) is 2.21. The molecule has 0 amide bonds. The summed E-state index contributed by atoms with van der Waals surface area (Å²) in [6.07, 6.45) is 3.78. The molecule has 0 saturated heterocycles. The lowest BCUT2D eigenvalue weighted by atomic mass is 9.77. The lowest BCUT2D eigenvalue weighted by Gasteiger charge is -2.39. The van der Waals surface area contributed by atoms with Crippen molar-refractivity contribution in [3.8, 4) is 0 Å². The molecule has 0 aromatic carbocycles. The fourth-order valence-electron chi connectivity index (χ4n) is 2.60. The quantitative estimate of drug-likeness (QED) is 0.573. The van der Waals surface area contributed by atoms with Gasteiger partial charge in [-0.05, 0) is 37.7 Å². The molecule has 0 atom stereocenters. The minimum absolute atomic E-state index is 0.0122. The van der Waals surface area contributed by atoms with E-state index in [2.05, 4.69) is 17.2 Å². The van der Waals surface area contributed by atoms with Gasteiger partial charge >= 0.3 is 5.69 Å². The van der Waals surface area contributed by atoms with Gasteiger partial charge in [0.2, 0.25) is 5.82 Å². The van der Waals surface area contributed by atoms with Gasteiger partial charge in [-0.15, -0.1) is 0 Å². The molecule has 1 aromatic heterocycles. The van der Waals surface area contributed by atoms with E-state index >= 15 is 0 Å². The zero-order valence-corrected chi connectivity index (χ0v) is 11.5. The zero-order valence-electron chi connectivity index (χ0n) is 11.5. The van der Waals surface area contributed by atoms with Gasteiger partial charge in [-0.25, -0.2) is 4.98 Å². The molecule has 1 aromatic rings. The van der Waals surface area contributed by atoms with Crippen molar-refractivity contribution in [2.24, 2.45) is 5.92 Å². The van der Waals surface area contributed by atoms with Crippen LogP contribution in [0.1, 0.15) is 32.6 Å². The molecule has 1 fully saturated rings. The topological polar surface area (TPSA) is 114 Å². The number of rotatable bonds is 4. The molecular weight excluding hydrogens is 260 g/mol. The molecule has 0 unspecified atom stereocenters. The number of nitrogens with zero attached hydrogens (tertiary/aromatic N) is 2. The molecule has 110 valence electrons. The number of pyridine rings is 1. The van der Waals surface area contributed by atoms with Gasteiger partial charge in [-0.3, -0.25) is 10.1 Å². The van der Waals surface area contributed by atoms with Gasteiger partial charge < -0.3 is 16.2 Å². The molecule has 2 rings (SSSR count). The number of nitrogens with one attached hydrogen (secondary N) is 1. The molecule has 7 nitrogen and oxygen atoms in total. The number of aliphatic hydroxyl groups is 1. The monoisotopic (exact) mass is 280 g/mol. The first-order valence-electron chi connectivity index (χ1n) is 6.76. The molecule has 0 aliphatic heterocycles. The maximum absolute atomic E-state index is 10.7. The maximum atomic E-state index is 10.7. The van der Waals surface area contributed by atoms with Gasteiger partial charge in [0.05, 0.1) is 17.1 Å². The third-order valence-corrected chi connectivity index (χ3v) is 4.03. The fourth-order valence-corrected chi connectivity index (χ4v) is 2.60. The molecule has 0 radical (unpaired) electrons. The van der Waals surface area contributed by atoms with Crippen LogP contribution in [0.25, 0.3) is 0 Å². The Morgan fingerprint density at radius 2 is 2.20 bits per heavy atom. The summed E-state index contributed by atoms with van der Waals surface area (Å²) in [5.74, 6) is 1.01. The average molecular weight is 280 g/mol. The zero-order chi connectivity index (χ0) is 14.8. The van der Waals surface area contributed by atoms with Crippen LogP contribution in [0.5, 0.6) is 0 Å². The predicted molar refractivity (Wildman–Crippen MR) is 76.4 cm³/mol. The highest BCUT2D eigenvalue weighted by Crippen LogP contribution is 2.34. The van der Waals surface area contributed by atoms with Gasteiger partial charge in [0.1, 0.15) is 5.82 Å². The largest absolute Gasteiger partial charge is 0.394 e. The van der Waals surface area contributed by atoms with E-state index in [0.29, 0.717) is 11.7 Å². The van der Waals surface area contributed by atoms with Gasteiger partial charge in [-0.2, -0.15) is 0 Å². The van der Waals surface area contributed by atoms with E-state index in [4.69, 9.17) is 5.73 Å². The first-order chi connectivity index (χ1) is 9.46. The van der Waals surface area contributed by atoms with Gasteiger partial charge in [0.25, 0.3) is 0 Å². The van der Waals surface area contributed by atoms with Crippen molar-refractivity contribution >= 4 is 17.3 Å². The molecule has 1 aliphatic rings. The second-order valence-corrected chi connectivity index (χ2v) is 5.60. The van der Waals surface area contributed by atoms with E-state index in [1.165, 1.54) is 12.1 Å². The summed E-state index contributed by atoms with van der Waals surface area (Å²) < 4.78 is 0. The van der Waals surface area contributed by atoms with Crippen LogP contribution in [0.15, 0.2) is 12.1 Å². The van der Waals surface area contributed by atoms with E-state index in [1.807, 2.05) is 0 Å². The number of aliphatic hydroxyl groups excluding tert-OH is 1. The SMILES string of the molecule is CC1CCC(CO)(Nc2ccc([N+](=O)[O-])c(N)n2)CC1. The van der Waals surface area contributed by atoms with Crippen molar-refractivity contribution in [1.29, 1.82) is 0 Å². The van der Waals surface area contributed by atoms with Crippen LogP contribution in [0.3, 0.4) is 0 Å². The molecule has 0 bridgehead atoms. The van der Waals surface area contributed by atoms with Crippen LogP contribution in [0.4, 0.5) is 17.3 Å². The van der Waals surface area contributed by atoms with Crippen molar-refractivity contribution in [1.82, 2.24) is 4.98 Å². The molecule has 4 N–H and O–H groups in total. The Balaban J connectivity index is 2.16. The van der Waals surface area contributed by atoms with E-state index < -0.39 is 10.5 Å². The van der Waals surface area contributed by atoms with Gasteiger partial charge in [0, 0.05) is 6.07 Å². The number of nitro groups is 1. The number of hydrogen-bond donors (Lipinski definition) is 3. The Morgan fingerprint density at radius 3 is 2.70 bits per heavy atom. The van der Waals surface area contributed by atoms with Crippen LogP contribution >= 0.6 is 0 Å². The Bertz CT molecular complexity index is 498. The summed E-state index contributed by atoms with van der Waals surface area (Å²) in [6, 6.07) is 2.87. The Labute approximate surface area is 117 Å². The third kappa shape index (κ3) is 2.98. The molecule has 1 saturated carbocycles. The highest BCUT2D eigenvalue weighted by Gasteiger charge is 2.34. The van der Waals surface area contributed by atoms with Crippen LogP contribution in [-0.4, -0.2) is 27.2 Å². The van der Waals surface area contributed by atoms with Crippen molar-refractivity contribution in [3.05, 3.63) is 22.2 Å². The Kier molecular flexibility index (Phi) is 4.08. The lowest BCUT2D eigenvalue weighted by molar-refractivity contribution is -0.384. The smallest absolute Gasteiger partial charge is 0.311 e. The standard InChI is InChI=1S/C13H20N4O3/c1-9-4-6-13(8-18,7-5-9)16-11-3-2-10(17(19)20)12(14)15-11/h2-3,9,18H,4-8H2,1H3,(H3,14,15,16). The first-order valence-corrected chi connectivity index (χ1v) is 6.76. The molecule has 1 heterocycles. The summed E-state index contributed by atoms with van der Waals surface area (Å²) in [5, 5.41) is 23.6.